The molecule has 0 unspecified atom stereocenters. The van der Waals surface area contributed by atoms with Crippen LogP contribution in [0.4, 0.5) is 0 Å². The van der Waals surface area contributed by atoms with Crippen LogP contribution in [0.1, 0.15) is 10.4 Å². The van der Waals surface area contributed by atoms with Crippen molar-refractivity contribution in [2.75, 3.05) is 0 Å². The molecule has 0 saturated carbocycles. The van der Waals surface area contributed by atoms with E-state index in [1.54, 1.807) is 18.5 Å². The zero-order valence-corrected chi connectivity index (χ0v) is 12.0. The molecule has 20 heavy (non-hydrogen) atoms. The first-order valence-corrected chi connectivity index (χ1v) is 6.82. The van der Waals surface area contributed by atoms with E-state index in [2.05, 4.69) is 20.9 Å². The van der Waals surface area contributed by atoms with Gasteiger partial charge in [0.05, 0.1) is 5.56 Å². The van der Waals surface area contributed by atoms with Crippen molar-refractivity contribution in [2.45, 2.75) is 0 Å². The fraction of sp³-hybridized carbons (Fsp3) is 0. The van der Waals surface area contributed by atoms with E-state index in [1.165, 1.54) is 0 Å². The maximum absolute atomic E-state index is 11.5. The standard InChI is InChI=1S/C16H10BrNO2/c17-11-4-5-14(15(8-11)16(19)20)13-3-1-2-10-9-18-7-6-12(10)13/h1-9H,(H,19,20). The van der Waals surface area contributed by atoms with Crippen LogP contribution in [-0.2, 0) is 0 Å². The Morgan fingerprint density at radius 1 is 1.10 bits per heavy atom. The first-order valence-electron chi connectivity index (χ1n) is 6.03. The Bertz CT molecular complexity index is 809. The SMILES string of the molecule is O=C(O)c1cc(Br)ccc1-c1cccc2cnccc12. The van der Waals surface area contributed by atoms with Gasteiger partial charge in [0.25, 0.3) is 0 Å². The molecule has 0 aliphatic rings. The fourth-order valence-corrected chi connectivity index (χ4v) is 2.65. The second-order valence-corrected chi connectivity index (χ2v) is 5.31. The number of halogens is 1. The number of aromatic nitrogens is 1. The largest absolute Gasteiger partial charge is 0.478 e. The smallest absolute Gasteiger partial charge is 0.336 e. The van der Waals surface area contributed by atoms with Gasteiger partial charge in [-0.3, -0.25) is 4.98 Å². The highest BCUT2D eigenvalue weighted by Crippen LogP contribution is 2.32. The lowest BCUT2D eigenvalue weighted by Crippen LogP contribution is -1.99. The van der Waals surface area contributed by atoms with E-state index < -0.39 is 5.97 Å². The van der Waals surface area contributed by atoms with Gasteiger partial charge in [-0.05, 0) is 34.7 Å². The molecule has 98 valence electrons. The van der Waals surface area contributed by atoms with Crippen LogP contribution < -0.4 is 0 Å². The number of benzene rings is 2. The van der Waals surface area contributed by atoms with Crippen LogP contribution in [0.25, 0.3) is 21.9 Å². The normalized spacial score (nSPS) is 10.7. The maximum atomic E-state index is 11.5. The van der Waals surface area contributed by atoms with Crippen LogP contribution in [0, 0.1) is 0 Å². The van der Waals surface area contributed by atoms with Crippen LogP contribution in [-0.4, -0.2) is 16.1 Å². The summed E-state index contributed by atoms with van der Waals surface area (Å²) in [4.78, 5) is 15.5. The average molecular weight is 328 g/mol. The van der Waals surface area contributed by atoms with E-state index in [-0.39, 0.29) is 5.56 Å². The third-order valence-electron chi connectivity index (χ3n) is 3.18. The third kappa shape index (κ3) is 2.18. The van der Waals surface area contributed by atoms with E-state index in [9.17, 15) is 9.90 Å². The van der Waals surface area contributed by atoms with Crippen LogP contribution in [0.15, 0.2) is 59.3 Å². The summed E-state index contributed by atoms with van der Waals surface area (Å²) in [6.07, 6.45) is 3.49. The second-order valence-electron chi connectivity index (χ2n) is 4.40. The van der Waals surface area contributed by atoms with Gasteiger partial charge >= 0.3 is 5.97 Å². The van der Waals surface area contributed by atoms with Gasteiger partial charge in [0.1, 0.15) is 0 Å². The van der Waals surface area contributed by atoms with Crippen molar-refractivity contribution in [1.82, 2.24) is 4.98 Å². The average Bonchev–Trinajstić information content (AvgIpc) is 2.46. The molecule has 1 heterocycles. The lowest BCUT2D eigenvalue weighted by atomic mass is 9.95. The monoisotopic (exact) mass is 327 g/mol. The number of fused-ring (bicyclic) bond motifs is 1. The maximum Gasteiger partial charge on any atom is 0.336 e. The number of carboxylic acid groups (broad SMARTS) is 1. The minimum atomic E-state index is -0.938. The van der Waals surface area contributed by atoms with Crippen LogP contribution in [0.2, 0.25) is 0 Å². The Labute approximate surface area is 124 Å². The van der Waals surface area contributed by atoms with Gasteiger partial charge in [-0.2, -0.15) is 0 Å². The molecular weight excluding hydrogens is 318 g/mol. The molecule has 0 aliphatic carbocycles. The van der Waals surface area contributed by atoms with Gasteiger partial charge in [0, 0.05) is 22.3 Å². The minimum absolute atomic E-state index is 0.281. The molecule has 0 aliphatic heterocycles. The van der Waals surface area contributed by atoms with E-state index >= 15 is 0 Å². The van der Waals surface area contributed by atoms with E-state index in [0.717, 1.165) is 20.8 Å². The number of rotatable bonds is 2. The molecule has 0 spiro atoms. The molecular formula is C16H10BrNO2. The summed E-state index contributed by atoms with van der Waals surface area (Å²) in [6, 6.07) is 13.0. The highest BCUT2D eigenvalue weighted by molar-refractivity contribution is 9.10. The lowest BCUT2D eigenvalue weighted by Gasteiger charge is -2.10. The fourth-order valence-electron chi connectivity index (χ4n) is 2.29. The summed E-state index contributed by atoms with van der Waals surface area (Å²) < 4.78 is 0.751. The predicted octanol–water partition coefficient (Wildman–Crippen LogP) is 4.36. The van der Waals surface area contributed by atoms with Gasteiger partial charge in [-0.15, -0.1) is 0 Å². The van der Waals surface area contributed by atoms with Crippen molar-refractivity contribution >= 4 is 32.7 Å². The Hall–Kier alpha value is -2.20. The van der Waals surface area contributed by atoms with Crippen molar-refractivity contribution in [3.8, 4) is 11.1 Å². The van der Waals surface area contributed by atoms with Crippen molar-refractivity contribution in [1.29, 1.82) is 0 Å². The van der Waals surface area contributed by atoms with Crippen molar-refractivity contribution in [2.24, 2.45) is 0 Å². The molecule has 1 N–H and O–H groups in total. The number of aromatic carboxylic acids is 1. The highest BCUT2D eigenvalue weighted by atomic mass is 79.9. The molecule has 2 aromatic carbocycles. The quantitative estimate of drug-likeness (QED) is 0.760. The molecule has 3 aromatic rings. The van der Waals surface area contributed by atoms with Crippen molar-refractivity contribution in [3.63, 3.8) is 0 Å². The molecule has 3 nitrogen and oxygen atoms in total. The highest BCUT2D eigenvalue weighted by Gasteiger charge is 2.14. The van der Waals surface area contributed by atoms with Crippen molar-refractivity contribution < 1.29 is 9.90 Å². The van der Waals surface area contributed by atoms with Crippen LogP contribution in [0.5, 0.6) is 0 Å². The zero-order valence-electron chi connectivity index (χ0n) is 10.4. The number of nitrogens with zero attached hydrogens (tertiary/aromatic N) is 1. The summed E-state index contributed by atoms with van der Waals surface area (Å²) in [5, 5.41) is 11.4. The van der Waals surface area contributed by atoms with Gasteiger partial charge in [0.15, 0.2) is 0 Å². The zero-order chi connectivity index (χ0) is 14.1. The molecule has 1 aromatic heterocycles. The van der Waals surface area contributed by atoms with Gasteiger partial charge in [-0.25, -0.2) is 4.79 Å². The summed E-state index contributed by atoms with van der Waals surface area (Å²) in [5.74, 6) is -0.938. The second kappa shape index (κ2) is 5.06. The van der Waals surface area contributed by atoms with E-state index in [4.69, 9.17) is 0 Å². The Balaban J connectivity index is 2.34. The summed E-state index contributed by atoms with van der Waals surface area (Å²) in [7, 11) is 0. The molecule has 4 heteroatoms. The Morgan fingerprint density at radius 3 is 2.75 bits per heavy atom. The number of pyridine rings is 1. The number of carboxylic acids is 1. The number of hydrogen-bond donors (Lipinski definition) is 1. The summed E-state index contributed by atoms with van der Waals surface area (Å²) in [5.41, 5.74) is 1.89. The molecule has 0 saturated heterocycles. The Kier molecular flexibility index (Phi) is 3.24. The van der Waals surface area contributed by atoms with Gasteiger partial charge in [0.2, 0.25) is 0 Å². The minimum Gasteiger partial charge on any atom is -0.478 e. The van der Waals surface area contributed by atoms with Gasteiger partial charge in [-0.1, -0.05) is 40.2 Å². The number of carbonyl (C=O) groups is 1. The van der Waals surface area contributed by atoms with Crippen molar-refractivity contribution in [3.05, 3.63) is 64.9 Å². The summed E-state index contributed by atoms with van der Waals surface area (Å²) in [6.45, 7) is 0. The first-order chi connectivity index (χ1) is 9.66. The summed E-state index contributed by atoms with van der Waals surface area (Å²) >= 11 is 3.31. The Morgan fingerprint density at radius 2 is 1.95 bits per heavy atom. The lowest BCUT2D eigenvalue weighted by molar-refractivity contribution is 0.0697. The third-order valence-corrected chi connectivity index (χ3v) is 3.68. The predicted molar refractivity (Wildman–Crippen MR) is 81.8 cm³/mol. The molecule has 0 radical (unpaired) electrons. The van der Waals surface area contributed by atoms with Crippen LogP contribution in [0.3, 0.4) is 0 Å². The first kappa shape index (κ1) is 12.8. The van der Waals surface area contributed by atoms with E-state index in [1.807, 2.05) is 36.4 Å². The van der Waals surface area contributed by atoms with E-state index in [0.29, 0.717) is 5.56 Å². The molecule has 0 bridgehead atoms. The molecule has 0 amide bonds. The number of hydrogen-bond acceptors (Lipinski definition) is 2. The molecule has 0 atom stereocenters. The van der Waals surface area contributed by atoms with Gasteiger partial charge < -0.3 is 5.11 Å². The van der Waals surface area contributed by atoms with Crippen LogP contribution >= 0.6 is 15.9 Å². The molecule has 0 fully saturated rings. The molecule has 3 rings (SSSR count). The topological polar surface area (TPSA) is 50.2 Å².